The Hall–Kier alpha value is 1.31. The van der Waals surface area contributed by atoms with Crippen molar-refractivity contribution in [3.05, 3.63) is 0 Å². The van der Waals surface area contributed by atoms with Crippen LogP contribution in [0.1, 0.15) is 25.7 Å². The second kappa shape index (κ2) is 2.27. The van der Waals surface area contributed by atoms with Crippen molar-refractivity contribution in [3.8, 4) is 0 Å². The van der Waals surface area contributed by atoms with Gasteiger partial charge in [0.05, 0.1) is 0 Å². The molecule has 0 saturated heterocycles. The summed E-state index contributed by atoms with van der Waals surface area (Å²) in [5.41, 5.74) is 0.364. The fourth-order valence-corrected chi connectivity index (χ4v) is 7.11. The van der Waals surface area contributed by atoms with Crippen LogP contribution in [-0.2, 0) is 0 Å². The molecule has 2 atom stereocenters. The van der Waals surface area contributed by atoms with Gasteiger partial charge in [0.1, 0.15) is 4.84 Å². The molecule has 0 N–H and O–H groups in total. The fraction of sp³-hybridized carbons (Fsp3) is 1.00. The van der Waals surface area contributed by atoms with Gasteiger partial charge in [-0.05, 0) is 31.1 Å². The zero-order chi connectivity index (χ0) is 8.56. The fourth-order valence-electron chi connectivity index (χ4n) is 3.91. The number of halogens is 3. The highest BCUT2D eigenvalue weighted by Crippen LogP contribution is 2.85. The van der Waals surface area contributed by atoms with Crippen LogP contribution < -0.4 is 0 Å². The predicted octanol–water partition coefficient (Wildman–Crippen LogP) is 3.78. The SMILES string of the molecule is ClC(Cl)C12CC3(I)C1CCCC32. The molecule has 4 bridgehead atoms. The Balaban J connectivity index is 1.95. The van der Waals surface area contributed by atoms with E-state index in [-0.39, 0.29) is 4.84 Å². The van der Waals surface area contributed by atoms with E-state index in [0.717, 1.165) is 11.8 Å². The number of rotatable bonds is 1. The molecule has 0 spiro atoms. The third kappa shape index (κ3) is 0.641. The minimum absolute atomic E-state index is 0.107. The minimum Gasteiger partial charge on any atom is -0.105 e. The highest BCUT2D eigenvalue weighted by atomic mass is 127. The van der Waals surface area contributed by atoms with Gasteiger partial charge in [0.15, 0.2) is 0 Å². The van der Waals surface area contributed by atoms with E-state index >= 15 is 0 Å². The average molecular weight is 317 g/mol. The molecular weight excluding hydrogens is 306 g/mol. The van der Waals surface area contributed by atoms with Crippen LogP contribution >= 0.6 is 45.8 Å². The quantitative estimate of drug-likeness (QED) is 0.510. The maximum absolute atomic E-state index is 6.09. The van der Waals surface area contributed by atoms with Gasteiger partial charge in [0, 0.05) is 8.84 Å². The van der Waals surface area contributed by atoms with Crippen LogP contribution in [0.3, 0.4) is 0 Å². The Bertz CT molecular complexity index is 227. The molecule has 0 amide bonds. The maximum Gasteiger partial charge on any atom is 0.114 e. The van der Waals surface area contributed by atoms with Gasteiger partial charge in [-0.2, -0.15) is 0 Å². The van der Waals surface area contributed by atoms with Crippen molar-refractivity contribution in [1.82, 2.24) is 0 Å². The number of alkyl halides is 3. The predicted molar refractivity (Wildman–Crippen MR) is 60.1 cm³/mol. The van der Waals surface area contributed by atoms with E-state index in [4.69, 9.17) is 23.2 Å². The average Bonchev–Trinajstić information content (AvgIpc) is 2.00. The third-order valence-corrected chi connectivity index (χ3v) is 7.12. The van der Waals surface area contributed by atoms with Gasteiger partial charge in [0.2, 0.25) is 0 Å². The summed E-state index contributed by atoms with van der Waals surface area (Å²) in [7, 11) is 0. The Morgan fingerprint density at radius 3 is 2.17 bits per heavy atom. The first kappa shape index (κ1) is 8.60. The van der Waals surface area contributed by atoms with Gasteiger partial charge in [-0.1, -0.05) is 29.0 Å². The van der Waals surface area contributed by atoms with E-state index in [1.807, 2.05) is 0 Å². The van der Waals surface area contributed by atoms with Gasteiger partial charge < -0.3 is 0 Å². The molecule has 4 fully saturated rings. The molecule has 4 rings (SSSR count). The van der Waals surface area contributed by atoms with Crippen LogP contribution in [-0.4, -0.2) is 8.26 Å². The van der Waals surface area contributed by atoms with Crippen LogP contribution in [0, 0.1) is 17.3 Å². The second-order valence-corrected chi connectivity index (χ2v) is 7.66. The Morgan fingerprint density at radius 1 is 1.25 bits per heavy atom. The van der Waals surface area contributed by atoms with Crippen LogP contribution in [0.2, 0.25) is 0 Å². The molecule has 4 aliphatic rings. The molecule has 4 aliphatic carbocycles. The zero-order valence-electron chi connectivity index (χ0n) is 6.69. The summed E-state index contributed by atoms with van der Waals surface area (Å²) in [4.78, 5) is -0.107. The van der Waals surface area contributed by atoms with Crippen molar-refractivity contribution in [3.63, 3.8) is 0 Å². The Labute approximate surface area is 96.5 Å². The highest BCUT2D eigenvalue weighted by Gasteiger charge is 2.83. The van der Waals surface area contributed by atoms with Crippen molar-refractivity contribution in [2.24, 2.45) is 17.3 Å². The van der Waals surface area contributed by atoms with Gasteiger partial charge in [0.25, 0.3) is 0 Å². The number of hydrogen-bond donors (Lipinski definition) is 0. The minimum atomic E-state index is -0.107. The summed E-state index contributed by atoms with van der Waals surface area (Å²) < 4.78 is 0.623. The first-order valence-electron chi connectivity index (χ1n) is 4.59. The van der Waals surface area contributed by atoms with E-state index in [1.54, 1.807) is 0 Å². The monoisotopic (exact) mass is 316 g/mol. The summed E-state index contributed by atoms with van der Waals surface area (Å²) in [6.45, 7) is 0. The normalized spacial score (nSPS) is 61.0. The van der Waals surface area contributed by atoms with E-state index in [0.29, 0.717) is 8.84 Å². The molecule has 0 radical (unpaired) electrons. The lowest BCUT2D eigenvalue weighted by Gasteiger charge is -2.82. The standard InChI is InChI=1S/C9H11Cl2I/c10-7(11)8-4-9(12)5(8)2-1-3-6(8)9/h5-7H,1-4H2. The van der Waals surface area contributed by atoms with Crippen molar-refractivity contribution in [2.45, 2.75) is 33.9 Å². The smallest absolute Gasteiger partial charge is 0.105 e. The lowest BCUT2D eigenvalue weighted by Crippen LogP contribution is -2.82. The first-order chi connectivity index (χ1) is 5.62. The second-order valence-electron chi connectivity index (χ2n) is 4.55. The molecule has 2 unspecified atom stereocenters. The molecular formula is C9H11Cl2I. The summed E-state index contributed by atoms with van der Waals surface area (Å²) >= 11 is 14.8. The van der Waals surface area contributed by atoms with Gasteiger partial charge in [-0.3, -0.25) is 0 Å². The van der Waals surface area contributed by atoms with Crippen LogP contribution in [0.5, 0.6) is 0 Å². The molecule has 3 heteroatoms. The molecule has 0 aromatic heterocycles. The Kier molecular flexibility index (Phi) is 1.63. The summed E-state index contributed by atoms with van der Waals surface area (Å²) in [5, 5.41) is 0. The molecule has 0 aliphatic heterocycles. The van der Waals surface area contributed by atoms with E-state index in [2.05, 4.69) is 22.6 Å². The third-order valence-electron chi connectivity index (χ3n) is 4.43. The summed E-state index contributed by atoms with van der Waals surface area (Å²) in [6, 6.07) is 0. The largest absolute Gasteiger partial charge is 0.114 e. The molecule has 0 nitrogen and oxygen atoms in total. The van der Waals surface area contributed by atoms with Crippen molar-refractivity contribution >= 4 is 45.8 Å². The van der Waals surface area contributed by atoms with Gasteiger partial charge >= 0.3 is 0 Å². The van der Waals surface area contributed by atoms with E-state index in [9.17, 15) is 0 Å². The van der Waals surface area contributed by atoms with E-state index < -0.39 is 0 Å². The van der Waals surface area contributed by atoms with Crippen molar-refractivity contribution in [2.75, 3.05) is 0 Å². The molecule has 12 heavy (non-hydrogen) atoms. The van der Waals surface area contributed by atoms with Crippen LogP contribution in [0.25, 0.3) is 0 Å². The molecule has 68 valence electrons. The summed E-state index contributed by atoms with van der Waals surface area (Å²) in [5.74, 6) is 1.70. The van der Waals surface area contributed by atoms with Gasteiger partial charge in [-0.15, -0.1) is 23.2 Å². The van der Waals surface area contributed by atoms with Gasteiger partial charge in [-0.25, -0.2) is 0 Å². The molecule has 0 heterocycles. The van der Waals surface area contributed by atoms with Crippen LogP contribution in [0.4, 0.5) is 0 Å². The lowest BCUT2D eigenvalue weighted by atomic mass is 9.28. The van der Waals surface area contributed by atoms with Crippen molar-refractivity contribution < 1.29 is 0 Å². The first-order valence-corrected chi connectivity index (χ1v) is 6.54. The number of hydrogen-bond acceptors (Lipinski definition) is 0. The van der Waals surface area contributed by atoms with Crippen molar-refractivity contribution in [1.29, 1.82) is 0 Å². The summed E-state index contributed by atoms with van der Waals surface area (Å²) in [6.07, 6.45) is 5.43. The highest BCUT2D eigenvalue weighted by molar-refractivity contribution is 14.1. The molecule has 4 saturated carbocycles. The van der Waals surface area contributed by atoms with Crippen LogP contribution in [0.15, 0.2) is 0 Å². The topological polar surface area (TPSA) is 0 Å². The lowest BCUT2D eigenvalue weighted by molar-refractivity contribution is -0.240. The maximum atomic E-state index is 6.09. The zero-order valence-corrected chi connectivity index (χ0v) is 10.4. The molecule has 0 aromatic carbocycles. The Morgan fingerprint density at radius 2 is 1.83 bits per heavy atom. The van der Waals surface area contributed by atoms with E-state index in [1.165, 1.54) is 25.7 Å². The molecule has 0 aromatic rings.